The van der Waals surface area contributed by atoms with Crippen molar-refractivity contribution in [2.45, 2.75) is 6.42 Å². The van der Waals surface area contributed by atoms with Gasteiger partial charge in [0, 0.05) is 26.7 Å². The number of aryl methyl sites for hydroxylation is 1. The van der Waals surface area contributed by atoms with E-state index in [1.54, 1.807) is 7.05 Å². The fraction of sp³-hybridized carbons (Fsp3) is 0.727. The number of nitrogens with one attached hydrogen (secondary N) is 1. The third-order valence-electron chi connectivity index (χ3n) is 3.05. The Labute approximate surface area is 111 Å². The molecule has 0 atom stereocenters. The largest absolute Gasteiger partial charge is 0.379 e. The van der Waals surface area contributed by atoms with Crippen molar-refractivity contribution in [1.82, 2.24) is 14.7 Å². The molecule has 0 bridgehead atoms. The SMILES string of the molecule is Cn1cc([N+](=O)[O-])c(NCCCN2CCOCC2)n1. The minimum absolute atomic E-state index is 0.0221. The Morgan fingerprint density at radius 1 is 1.53 bits per heavy atom. The molecule has 19 heavy (non-hydrogen) atoms. The smallest absolute Gasteiger partial charge is 0.330 e. The standard InChI is InChI=1S/C11H19N5O3/c1-14-9-10(16(17)18)11(13-14)12-3-2-4-15-5-7-19-8-6-15/h9H,2-8H2,1H3,(H,12,13). The summed E-state index contributed by atoms with van der Waals surface area (Å²) in [4.78, 5) is 12.7. The average molecular weight is 269 g/mol. The number of rotatable bonds is 6. The molecule has 0 radical (unpaired) electrons. The molecule has 1 aromatic rings. The van der Waals surface area contributed by atoms with Crippen LogP contribution in [0.15, 0.2) is 6.20 Å². The first kappa shape index (κ1) is 13.8. The molecule has 1 N–H and O–H groups in total. The Morgan fingerprint density at radius 2 is 2.26 bits per heavy atom. The summed E-state index contributed by atoms with van der Waals surface area (Å²) in [5.41, 5.74) is 0.0221. The number of nitro groups is 1. The van der Waals surface area contributed by atoms with Gasteiger partial charge < -0.3 is 10.1 Å². The van der Waals surface area contributed by atoms with Gasteiger partial charge in [-0.3, -0.25) is 19.7 Å². The lowest BCUT2D eigenvalue weighted by molar-refractivity contribution is -0.384. The fourth-order valence-corrected chi connectivity index (χ4v) is 2.07. The summed E-state index contributed by atoms with van der Waals surface area (Å²) < 4.78 is 6.72. The number of morpholine rings is 1. The van der Waals surface area contributed by atoms with Crippen molar-refractivity contribution in [2.24, 2.45) is 7.05 Å². The van der Waals surface area contributed by atoms with E-state index in [9.17, 15) is 10.1 Å². The van der Waals surface area contributed by atoms with Crippen LogP contribution in [-0.2, 0) is 11.8 Å². The molecule has 1 aliphatic rings. The van der Waals surface area contributed by atoms with Crippen LogP contribution in [0.1, 0.15) is 6.42 Å². The van der Waals surface area contributed by atoms with E-state index < -0.39 is 4.92 Å². The van der Waals surface area contributed by atoms with Crippen molar-refractivity contribution in [1.29, 1.82) is 0 Å². The van der Waals surface area contributed by atoms with Crippen molar-refractivity contribution in [3.8, 4) is 0 Å². The molecule has 0 aliphatic carbocycles. The molecule has 1 aliphatic heterocycles. The Balaban J connectivity index is 1.74. The molecular weight excluding hydrogens is 250 g/mol. The van der Waals surface area contributed by atoms with Gasteiger partial charge in [-0.15, -0.1) is 5.10 Å². The normalized spacial score (nSPS) is 16.5. The van der Waals surface area contributed by atoms with Gasteiger partial charge in [0.1, 0.15) is 6.20 Å². The van der Waals surface area contributed by atoms with Crippen LogP contribution in [0.2, 0.25) is 0 Å². The average Bonchev–Trinajstić information content (AvgIpc) is 2.77. The van der Waals surface area contributed by atoms with Crippen molar-refractivity contribution >= 4 is 11.5 Å². The quantitative estimate of drug-likeness (QED) is 0.459. The molecule has 8 heteroatoms. The van der Waals surface area contributed by atoms with Gasteiger partial charge in [0.25, 0.3) is 0 Å². The van der Waals surface area contributed by atoms with Crippen LogP contribution in [0.4, 0.5) is 11.5 Å². The van der Waals surface area contributed by atoms with Gasteiger partial charge in [-0.2, -0.15) is 0 Å². The molecule has 1 saturated heterocycles. The molecular formula is C11H19N5O3. The first-order valence-electron chi connectivity index (χ1n) is 6.39. The van der Waals surface area contributed by atoms with Gasteiger partial charge in [-0.05, 0) is 13.0 Å². The van der Waals surface area contributed by atoms with E-state index in [-0.39, 0.29) is 5.69 Å². The monoisotopic (exact) mass is 269 g/mol. The first-order chi connectivity index (χ1) is 9.16. The zero-order valence-electron chi connectivity index (χ0n) is 11.0. The highest BCUT2D eigenvalue weighted by molar-refractivity contribution is 5.54. The number of nitrogens with zero attached hydrogens (tertiary/aromatic N) is 4. The molecule has 2 heterocycles. The molecule has 1 aromatic heterocycles. The van der Waals surface area contributed by atoms with Gasteiger partial charge in [0.15, 0.2) is 0 Å². The highest BCUT2D eigenvalue weighted by Gasteiger charge is 2.17. The Morgan fingerprint density at radius 3 is 2.95 bits per heavy atom. The Hall–Kier alpha value is -1.67. The summed E-state index contributed by atoms with van der Waals surface area (Å²) in [7, 11) is 1.67. The van der Waals surface area contributed by atoms with E-state index in [1.165, 1.54) is 10.9 Å². The van der Waals surface area contributed by atoms with Crippen LogP contribution in [0.3, 0.4) is 0 Å². The summed E-state index contributed by atoms with van der Waals surface area (Å²) in [6.07, 6.45) is 2.33. The lowest BCUT2D eigenvalue weighted by Crippen LogP contribution is -2.37. The van der Waals surface area contributed by atoms with Crippen LogP contribution >= 0.6 is 0 Å². The summed E-state index contributed by atoms with van der Waals surface area (Å²) in [5.74, 6) is 0.342. The van der Waals surface area contributed by atoms with E-state index in [1.807, 2.05) is 0 Å². The van der Waals surface area contributed by atoms with Crippen molar-refractivity contribution in [3.63, 3.8) is 0 Å². The van der Waals surface area contributed by atoms with E-state index in [2.05, 4.69) is 15.3 Å². The summed E-state index contributed by atoms with van der Waals surface area (Å²) in [6.45, 7) is 5.15. The summed E-state index contributed by atoms with van der Waals surface area (Å²) in [6, 6.07) is 0. The van der Waals surface area contributed by atoms with E-state index in [4.69, 9.17) is 4.74 Å². The first-order valence-corrected chi connectivity index (χ1v) is 6.39. The topological polar surface area (TPSA) is 85.5 Å². The number of hydrogen-bond acceptors (Lipinski definition) is 6. The number of hydrogen-bond donors (Lipinski definition) is 1. The summed E-state index contributed by atoms with van der Waals surface area (Å²) >= 11 is 0. The maximum absolute atomic E-state index is 10.8. The van der Waals surface area contributed by atoms with Crippen molar-refractivity contribution in [2.75, 3.05) is 44.7 Å². The Bertz CT molecular complexity index is 428. The van der Waals surface area contributed by atoms with E-state index in [0.717, 1.165) is 39.3 Å². The molecule has 2 rings (SSSR count). The predicted molar refractivity (Wildman–Crippen MR) is 70.2 cm³/mol. The molecule has 1 fully saturated rings. The highest BCUT2D eigenvalue weighted by Crippen LogP contribution is 2.21. The zero-order valence-corrected chi connectivity index (χ0v) is 11.0. The maximum atomic E-state index is 10.8. The van der Waals surface area contributed by atoms with Gasteiger partial charge in [0.05, 0.1) is 18.1 Å². The number of ether oxygens (including phenoxy) is 1. The molecule has 0 unspecified atom stereocenters. The van der Waals surface area contributed by atoms with Gasteiger partial charge in [-0.25, -0.2) is 0 Å². The van der Waals surface area contributed by atoms with Gasteiger partial charge in [-0.1, -0.05) is 0 Å². The van der Waals surface area contributed by atoms with Gasteiger partial charge in [0.2, 0.25) is 5.82 Å². The second-order valence-corrected chi connectivity index (χ2v) is 4.53. The van der Waals surface area contributed by atoms with Crippen LogP contribution in [-0.4, -0.2) is 59.0 Å². The lowest BCUT2D eigenvalue weighted by atomic mass is 10.3. The van der Waals surface area contributed by atoms with Crippen LogP contribution in [0, 0.1) is 10.1 Å². The number of aromatic nitrogens is 2. The minimum atomic E-state index is -0.419. The second kappa shape index (κ2) is 6.48. The third kappa shape index (κ3) is 3.90. The third-order valence-corrected chi connectivity index (χ3v) is 3.05. The zero-order chi connectivity index (χ0) is 13.7. The second-order valence-electron chi connectivity index (χ2n) is 4.53. The van der Waals surface area contributed by atoms with Gasteiger partial charge >= 0.3 is 5.69 Å². The van der Waals surface area contributed by atoms with Crippen LogP contribution < -0.4 is 5.32 Å². The number of anilines is 1. The molecule has 8 nitrogen and oxygen atoms in total. The predicted octanol–water partition coefficient (Wildman–Crippen LogP) is 0.462. The minimum Gasteiger partial charge on any atom is -0.379 e. The van der Waals surface area contributed by atoms with E-state index in [0.29, 0.717) is 12.4 Å². The van der Waals surface area contributed by atoms with Crippen LogP contribution in [0.5, 0.6) is 0 Å². The lowest BCUT2D eigenvalue weighted by Gasteiger charge is -2.26. The highest BCUT2D eigenvalue weighted by atomic mass is 16.6. The molecule has 0 spiro atoms. The summed E-state index contributed by atoms with van der Waals surface area (Å²) in [5, 5.41) is 17.9. The molecule has 0 saturated carbocycles. The Kier molecular flexibility index (Phi) is 4.69. The molecule has 106 valence electrons. The van der Waals surface area contributed by atoms with Crippen molar-refractivity contribution in [3.05, 3.63) is 16.3 Å². The molecule has 0 aromatic carbocycles. The maximum Gasteiger partial charge on any atom is 0.330 e. The van der Waals surface area contributed by atoms with E-state index >= 15 is 0 Å². The fourth-order valence-electron chi connectivity index (χ4n) is 2.07. The van der Waals surface area contributed by atoms with Crippen LogP contribution in [0.25, 0.3) is 0 Å². The van der Waals surface area contributed by atoms with Crippen molar-refractivity contribution < 1.29 is 9.66 Å². The molecule has 0 amide bonds.